The number of nitrogens with zero attached hydrogens (tertiary/aromatic N) is 2. The smallest absolute Gasteiger partial charge is 0.229 e. The number of aromatic nitrogens is 2. The summed E-state index contributed by atoms with van der Waals surface area (Å²) in [5.74, 6) is 3.26. The first kappa shape index (κ1) is 22.0. The normalized spacial score (nSPS) is 27.3. The summed E-state index contributed by atoms with van der Waals surface area (Å²) in [7, 11) is 0. The first-order valence-electron chi connectivity index (χ1n) is 11.5. The number of hydrogen-bond donors (Lipinski definition) is 4. The van der Waals surface area contributed by atoms with E-state index in [2.05, 4.69) is 29.7 Å². The standard InChI is InChI=1S/C25H30N6OS/c1-3-4-14-10-17(7-8-18(14)27)28-25-30-21-13(2)12-33-23(21)24(31-25)29-22-16-6-5-15(9-16)20(22)19(32)11-26/h3-8,10,13,15-16,20,22H,9,11-12,26-27H2,1-2H3,(H2,28,29,30,31)/b4-3-/t13?,15-,16?,20?,22?/m0/s1. The van der Waals surface area contributed by atoms with E-state index in [1.54, 1.807) is 11.8 Å². The molecule has 4 unspecified atom stereocenters. The number of carbonyl (C=O) groups excluding carboxylic acids is 1. The molecule has 33 heavy (non-hydrogen) atoms. The summed E-state index contributed by atoms with van der Waals surface area (Å²) in [6.45, 7) is 4.23. The molecular formula is C25H30N6OS. The molecule has 6 N–H and O–H groups in total. The number of carbonyl (C=O) groups is 1. The van der Waals surface area contributed by atoms with Crippen LogP contribution in [0.3, 0.4) is 0 Å². The van der Waals surface area contributed by atoms with Gasteiger partial charge in [-0.15, -0.1) is 11.8 Å². The van der Waals surface area contributed by atoms with Crippen LogP contribution in [0.5, 0.6) is 0 Å². The van der Waals surface area contributed by atoms with Crippen LogP contribution >= 0.6 is 11.8 Å². The second kappa shape index (κ2) is 8.83. The van der Waals surface area contributed by atoms with Crippen LogP contribution in [-0.2, 0) is 4.79 Å². The van der Waals surface area contributed by atoms with Gasteiger partial charge in [0.25, 0.3) is 0 Å². The van der Waals surface area contributed by atoms with Crippen LogP contribution in [0.25, 0.3) is 6.08 Å². The Bertz CT molecular complexity index is 1150. The molecule has 7 nitrogen and oxygen atoms in total. The zero-order valence-corrected chi connectivity index (χ0v) is 19.7. The monoisotopic (exact) mass is 462 g/mol. The molecular weight excluding hydrogens is 432 g/mol. The Kier molecular flexibility index (Phi) is 5.88. The summed E-state index contributed by atoms with van der Waals surface area (Å²) in [6, 6.07) is 5.82. The molecule has 3 aliphatic rings. The Morgan fingerprint density at radius 3 is 2.88 bits per heavy atom. The van der Waals surface area contributed by atoms with Gasteiger partial charge in [-0.25, -0.2) is 4.98 Å². The van der Waals surface area contributed by atoms with Crippen LogP contribution in [0.15, 0.2) is 41.3 Å². The summed E-state index contributed by atoms with van der Waals surface area (Å²) in [5.41, 5.74) is 15.4. The van der Waals surface area contributed by atoms with Gasteiger partial charge in [-0.1, -0.05) is 31.2 Å². The van der Waals surface area contributed by atoms with Crippen LogP contribution < -0.4 is 22.1 Å². The van der Waals surface area contributed by atoms with E-state index >= 15 is 0 Å². The quantitative estimate of drug-likeness (QED) is 0.357. The lowest BCUT2D eigenvalue weighted by Gasteiger charge is -2.29. The molecule has 2 aromatic rings. The number of thioether (sulfide) groups is 1. The van der Waals surface area contributed by atoms with Gasteiger partial charge in [0, 0.05) is 35.0 Å². The fourth-order valence-electron chi connectivity index (χ4n) is 5.24. The van der Waals surface area contributed by atoms with Gasteiger partial charge in [0.15, 0.2) is 5.78 Å². The molecule has 5 rings (SSSR count). The fourth-order valence-corrected chi connectivity index (χ4v) is 6.45. The van der Waals surface area contributed by atoms with Crippen molar-refractivity contribution >= 4 is 46.8 Å². The number of hydrogen-bond acceptors (Lipinski definition) is 8. The van der Waals surface area contributed by atoms with Crippen molar-refractivity contribution in [3.63, 3.8) is 0 Å². The largest absolute Gasteiger partial charge is 0.398 e. The van der Waals surface area contributed by atoms with E-state index in [0.717, 1.165) is 45.5 Å². The number of fused-ring (bicyclic) bond motifs is 3. The van der Waals surface area contributed by atoms with Crippen molar-refractivity contribution in [1.29, 1.82) is 0 Å². The molecule has 1 fully saturated rings. The number of Topliss-reactive ketones (excluding diaryl/α,β-unsaturated/α-hetero) is 1. The topological polar surface area (TPSA) is 119 Å². The molecule has 1 aromatic heterocycles. The molecule has 0 saturated heterocycles. The zero-order valence-electron chi connectivity index (χ0n) is 18.9. The van der Waals surface area contributed by atoms with Gasteiger partial charge in [-0.3, -0.25) is 4.79 Å². The molecule has 1 aliphatic heterocycles. The van der Waals surface area contributed by atoms with Crippen molar-refractivity contribution in [1.82, 2.24) is 9.97 Å². The first-order chi connectivity index (χ1) is 16.0. The van der Waals surface area contributed by atoms with Crippen LogP contribution in [0, 0.1) is 17.8 Å². The minimum Gasteiger partial charge on any atom is -0.398 e. The number of allylic oxidation sites excluding steroid dienone is 2. The molecule has 1 saturated carbocycles. The Morgan fingerprint density at radius 2 is 2.09 bits per heavy atom. The third-order valence-electron chi connectivity index (χ3n) is 6.86. The van der Waals surface area contributed by atoms with Crippen molar-refractivity contribution in [2.45, 2.75) is 37.1 Å². The zero-order chi connectivity index (χ0) is 23.1. The molecule has 2 aliphatic carbocycles. The van der Waals surface area contributed by atoms with Crippen molar-refractivity contribution < 1.29 is 4.79 Å². The number of rotatable bonds is 7. The minimum absolute atomic E-state index is 0.0113. The van der Waals surface area contributed by atoms with Gasteiger partial charge in [0.2, 0.25) is 5.95 Å². The molecule has 2 bridgehead atoms. The molecule has 172 valence electrons. The van der Waals surface area contributed by atoms with E-state index in [4.69, 9.17) is 21.4 Å². The van der Waals surface area contributed by atoms with Crippen LogP contribution in [-0.4, -0.2) is 34.1 Å². The number of nitrogen functional groups attached to an aromatic ring is 1. The van der Waals surface area contributed by atoms with Crippen LogP contribution in [0.4, 0.5) is 23.1 Å². The van der Waals surface area contributed by atoms with E-state index in [9.17, 15) is 4.79 Å². The molecule has 0 amide bonds. The Labute approximate surface area is 198 Å². The maximum absolute atomic E-state index is 12.6. The van der Waals surface area contributed by atoms with E-state index in [1.165, 1.54) is 0 Å². The molecule has 0 spiro atoms. The average molecular weight is 463 g/mol. The highest BCUT2D eigenvalue weighted by Gasteiger charge is 2.48. The van der Waals surface area contributed by atoms with Gasteiger partial charge < -0.3 is 22.1 Å². The summed E-state index contributed by atoms with van der Waals surface area (Å²) in [5, 5.41) is 7.02. The average Bonchev–Trinajstić information content (AvgIpc) is 3.51. The third kappa shape index (κ3) is 4.02. The molecule has 8 heteroatoms. The van der Waals surface area contributed by atoms with Crippen molar-refractivity contribution in [3.8, 4) is 0 Å². The Balaban J connectivity index is 1.48. The summed E-state index contributed by atoms with van der Waals surface area (Å²) >= 11 is 1.78. The highest BCUT2D eigenvalue weighted by Crippen LogP contribution is 2.48. The van der Waals surface area contributed by atoms with Crippen LogP contribution in [0.2, 0.25) is 0 Å². The summed E-state index contributed by atoms with van der Waals surface area (Å²) < 4.78 is 0. The second-order valence-electron chi connectivity index (χ2n) is 9.11. The number of benzene rings is 1. The minimum atomic E-state index is -0.101. The summed E-state index contributed by atoms with van der Waals surface area (Å²) in [4.78, 5) is 23.5. The lowest BCUT2D eigenvalue weighted by Crippen LogP contribution is -2.40. The highest BCUT2D eigenvalue weighted by molar-refractivity contribution is 7.99. The third-order valence-corrected chi connectivity index (χ3v) is 8.22. The first-order valence-corrected chi connectivity index (χ1v) is 12.5. The fraction of sp³-hybridized carbons (Fsp3) is 0.400. The SMILES string of the molecule is C/C=C\c1cc(Nc2nc(NC3C4C=C[C@@H](C4)C3C(=O)CN)c3c(n2)C(C)CS3)ccc1N. The highest BCUT2D eigenvalue weighted by atomic mass is 32.2. The predicted molar refractivity (Wildman–Crippen MR) is 136 cm³/mol. The molecule has 1 aromatic carbocycles. The van der Waals surface area contributed by atoms with Crippen molar-refractivity contribution in [2.75, 3.05) is 28.7 Å². The van der Waals surface area contributed by atoms with Crippen molar-refractivity contribution in [3.05, 3.63) is 47.7 Å². The van der Waals surface area contributed by atoms with Gasteiger partial charge in [-0.2, -0.15) is 4.98 Å². The number of anilines is 4. The van der Waals surface area contributed by atoms with Crippen LogP contribution in [0.1, 0.15) is 37.4 Å². The van der Waals surface area contributed by atoms with E-state index in [1.807, 2.05) is 37.3 Å². The lowest BCUT2D eigenvalue weighted by atomic mass is 9.85. The lowest BCUT2D eigenvalue weighted by molar-refractivity contribution is -0.122. The van der Waals surface area contributed by atoms with E-state index < -0.39 is 0 Å². The number of nitrogens with one attached hydrogen (secondary N) is 2. The summed E-state index contributed by atoms with van der Waals surface area (Å²) in [6.07, 6.45) is 9.35. The number of nitrogens with two attached hydrogens (primary N) is 2. The van der Waals surface area contributed by atoms with E-state index in [0.29, 0.717) is 17.8 Å². The van der Waals surface area contributed by atoms with Gasteiger partial charge in [0.1, 0.15) is 5.82 Å². The molecule has 5 atom stereocenters. The number of ketones is 1. The maximum atomic E-state index is 12.6. The molecule has 2 heterocycles. The van der Waals surface area contributed by atoms with E-state index in [-0.39, 0.29) is 30.2 Å². The van der Waals surface area contributed by atoms with Gasteiger partial charge >= 0.3 is 0 Å². The van der Waals surface area contributed by atoms with Crippen molar-refractivity contribution in [2.24, 2.45) is 23.5 Å². The second-order valence-corrected chi connectivity index (χ2v) is 10.1. The molecule has 0 radical (unpaired) electrons. The Morgan fingerprint density at radius 1 is 1.27 bits per heavy atom. The maximum Gasteiger partial charge on any atom is 0.229 e. The van der Waals surface area contributed by atoms with Gasteiger partial charge in [-0.05, 0) is 48.9 Å². The Hall–Kier alpha value is -2.84. The van der Waals surface area contributed by atoms with Gasteiger partial charge in [0.05, 0.1) is 17.1 Å². The predicted octanol–water partition coefficient (Wildman–Crippen LogP) is 4.18.